The van der Waals surface area contributed by atoms with Crippen molar-refractivity contribution in [2.75, 3.05) is 13.2 Å². The summed E-state index contributed by atoms with van der Waals surface area (Å²) in [6.45, 7) is 0.673. The van der Waals surface area contributed by atoms with E-state index in [1.807, 2.05) is 0 Å². The number of aromatic nitrogens is 2. The first-order valence-corrected chi connectivity index (χ1v) is 4.69. The Bertz CT molecular complexity index is 395. The van der Waals surface area contributed by atoms with Gasteiger partial charge in [0.05, 0.1) is 13.2 Å². The zero-order valence-electron chi connectivity index (χ0n) is 7.79. The van der Waals surface area contributed by atoms with Crippen LogP contribution in [0.15, 0.2) is 6.07 Å². The molecule has 0 bridgehead atoms. The third-order valence-corrected chi connectivity index (χ3v) is 2.01. The number of ether oxygens (including phenoxy) is 2. The van der Waals surface area contributed by atoms with Crippen LogP contribution in [0.4, 0.5) is 13.2 Å². The normalized spacial score (nSPS) is 17.0. The largest absolute Gasteiger partial charge is 0.469 e. The highest BCUT2D eigenvalue weighted by atomic mass is 35.5. The molecule has 2 rings (SSSR count). The molecule has 0 atom stereocenters. The van der Waals surface area contributed by atoms with Gasteiger partial charge >= 0.3 is 6.18 Å². The number of hydrogen-bond acceptors (Lipinski definition) is 4. The van der Waals surface area contributed by atoms with Crippen molar-refractivity contribution < 1.29 is 22.6 Å². The second-order valence-corrected chi connectivity index (χ2v) is 3.51. The number of hydrogen-bond donors (Lipinski definition) is 0. The van der Waals surface area contributed by atoms with Crippen molar-refractivity contribution in [3.8, 4) is 5.88 Å². The van der Waals surface area contributed by atoms with Crippen molar-refractivity contribution in [2.24, 2.45) is 0 Å². The van der Waals surface area contributed by atoms with Gasteiger partial charge in [0.1, 0.15) is 11.3 Å². The monoisotopic (exact) mass is 254 g/mol. The number of halogens is 4. The second-order valence-electron chi connectivity index (χ2n) is 3.13. The van der Waals surface area contributed by atoms with E-state index in [1.54, 1.807) is 0 Å². The summed E-state index contributed by atoms with van der Waals surface area (Å²) in [4.78, 5) is 6.30. The van der Waals surface area contributed by atoms with Crippen LogP contribution in [0.1, 0.15) is 5.82 Å². The maximum atomic E-state index is 12.3. The molecule has 8 heteroatoms. The summed E-state index contributed by atoms with van der Waals surface area (Å²) in [6, 6.07) is 1.13. The first-order valence-electron chi connectivity index (χ1n) is 4.31. The standard InChI is InChI=1S/C8H6ClF3N2O2/c9-5-1-6(16-4-2-15-3-4)14-7(13-5)8(10,11)12/h1,4H,2-3H2. The highest BCUT2D eigenvalue weighted by Gasteiger charge is 2.36. The molecule has 0 aromatic carbocycles. The Labute approximate surface area is 93.4 Å². The molecule has 0 unspecified atom stereocenters. The molecule has 0 radical (unpaired) electrons. The van der Waals surface area contributed by atoms with E-state index in [0.717, 1.165) is 6.07 Å². The second kappa shape index (κ2) is 4.06. The average molecular weight is 255 g/mol. The summed E-state index contributed by atoms with van der Waals surface area (Å²) in [5.41, 5.74) is 0. The molecule has 1 aromatic rings. The Morgan fingerprint density at radius 1 is 1.38 bits per heavy atom. The lowest BCUT2D eigenvalue weighted by molar-refractivity contribution is -0.145. The molecule has 1 fully saturated rings. The topological polar surface area (TPSA) is 44.2 Å². The van der Waals surface area contributed by atoms with E-state index in [2.05, 4.69) is 9.97 Å². The Morgan fingerprint density at radius 2 is 2.06 bits per heavy atom. The van der Waals surface area contributed by atoms with Gasteiger partial charge in [-0.25, -0.2) is 4.98 Å². The van der Waals surface area contributed by atoms with Gasteiger partial charge in [0.15, 0.2) is 0 Å². The molecule has 0 saturated carbocycles. The van der Waals surface area contributed by atoms with Gasteiger partial charge in [0, 0.05) is 6.07 Å². The summed E-state index contributed by atoms with van der Waals surface area (Å²) in [6.07, 6.45) is -4.91. The highest BCUT2D eigenvalue weighted by Crippen LogP contribution is 2.29. The molecule has 0 N–H and O–H groups in total. The van der Waals surface area contributed by atoms with Crippen LogP contribution in [-0.4, -0.2) is 29.3 Å². The third kappa shape index (κ3) is 2.53. The predicted octanol–water partition coefficient (Wildman–Crippen LogP) is 1.93. The fourth-order valence-corrected chi connectivity index (χ4v) is 1.21. The van der Waals surface area contributed by atoms with E-state index in [4.69, 9.17) is 21.1 Å². The van der Waals surface area contributed by atoms with Crippen molar-refractivity contribution in [2.45, 2.75) is 12.3 Å². The SMILES string of the molecule is FC(F)(F)c1nc(Cl)cc(OC2COC2)n1. The molecular weight excluding hydrogens is 249 g/mol. The lowest BCUT2D eigenvalue weighted by Crippen LogP contribution is -2.38. The van der Waals surface area contributed by atoms with Crippen molar-refractivity contribution in [1.29, 1.82) is 0 Å². The van der Waals surface area contributed by atoms with Gasteiger partial charge in [0.25, 0.3) is 0 Å². The molecule has 4 nitrogen and oxygen atoms in total. The maximum Gasteiger partial charge on any atom is 0.451 e. The van der Waals surface area contributed by atoms with E-state index in [1.165, 1.54) is 0 Å². The Kier molecular flexibility index (Phi) is 2.90. The van der Waals surface area contributed by atoms with E-state index in [0.29, 0.717) is 13.2 Å². The van der Waals surface area contributed by atoms with Gasteiger partial charge in [-0.3, -0.25) is 0 Å². The average Bonchev–Trinajstić information content (AvgIpc) is 2.09. The smallest absolute Gasteiger partial charge is 0.451 e. The van der Waals surface area contributed by atoms with Gasteiger partial charge in [-0.05, 0) is 0 Å². The number of alkyl halides is 3. The van der Waals surface area contributed by atoms with Gasteiger partial charge in [-0.15, -0.1) is 0 Å². The molecule has 0 aliphatic carbocycles. The van der Waals surface area contributed by atoms with Crippen molar-refractivity contribution in [3.63, 3.8) is 0 Å². The first kappa shape index (κ1) is 11.4. The molecule has 1 aromatic heterocycles. The molecular formula is C8H6ClF3N2O2. The first-order chi connectivity index (χ1) is 7.45. The van der Waals surface area contributed by atoms with Crippen LogP contribution >= 0.6 is 11.6 Å². The van der Waals surface area contributed by atoms with Gasteiger partial charge in [0.2, 0.25) is 11.7 Å². The number of rotatable bonds is 2. The molecule has 1 aliphatic rings. The molecule has 1 aliphatic heterocycles. The predicted molar refractivity (Wildman–Crippen MR) is 47.3 cm³/mol. The van der Waals surface area contributed by atoms with Crippen LogP contribution in [-0.2, 0) is 10.9 Å². The van der Waals surface area contributed by atoms with Gasteiger partial charge < -0.3 is 9.47 Å². The van der Waals surface area contributed by atoms with Crippen molar-refractivity contribution in [1.82, 2.24) is 9.97 Å². The molecule has 0 amide bonds. The van der Waals surface area contributed by atoms with E-state index < -0.39 is 12.0 Å². The summed E-state index contributed by atoms with van der Waals surface area (Å²) >= 11 is 5.44. The van der Waals surface area contributed by atoms with E-state index >= 15 is 0 Å². The van der Waals surface area contributed by atoms with Crippen LogP contribution in [0.2, 0.25) is 5.15 Å². The number of nitrogens with zero attached hydrogens (tertiary/aromatic N) is 2. The lowest BCUT2D eigenvalue weighted by atomic mass is 10.3. The molecule has 16 heavy (non-hydrogen) atoms. The van der Waals surface area contributed by atoms with Crippen molar-refractivity contribution in [3.05, 3.63) is 17.0 Å². The molecule has 2 heterocycles. The lowest BCUT2D eigenvalue weighted by Gasteiger charge is -2.26. The summed E-state index contributed by atoms with van der Waals surface area (Å²) in [7, 11) is 0. The minimum atomic E-state index is -4.64. The minimum Gasteiger partial charge on any atom is -0.469 e. The highest BCUT2D eigenvalue weighted by molar-refractivity contribution is 6.29. The van der Waals surface area contributed by atoms with E-state index in [9.17, 15) is 13.2 Å². The van der Waals surface area contributed by atoms with Crippen LogP contribution in [0.25, 0.3) is 0 Å². The quantitative estimate of drug-likeness (QED) is 0.757. The fourth-order valence-electron chi connectivity index (χ4n) is 1.04. The molecule has 1 saturated heterocycles. The van der Waals surface area contributed by atoms with Crippen molar-refractivity contribution >= 4 is 11.6 Å². The third-order valence-electron chi connectivity index (χ3n) is 1.82. The van der Waals surface area contributed by atoms with Crippen LogP contribution in [0, 0.1) is 0 Å². The zero-order valence-corrected chi connectivity index (χ0v) is 8.55. The maximum absolute atomic E-state index is 12.3. The summed E-state index contributed by atoms with van der Waals surface area (Å²) < 4.78 is 46.9. The fraction of sp³-hybridized carbons (Fsp3) is 0.500. The Morgan fingerprint density at radius 3 is 2.56 bits per heavy atom. The zero-order chi connectivity index (χ0) is 11.8. The Balaban J connectivity index is 2.21. The molecule has 88 valence electrons. The van der Waals surface area contributed by atoms with Crippen LogP contribution < -0.4 is 4.74 Å². The van der Waals surface area contributed by atoms with E-state index in [-0.39, 0.29) is 17.1 Å². The molecule has 0 spiro atoms. The van der Waals surface area contributed by atoms with Gasteiger partial charge in [-0.2, -0.15) is 18.2 Å². The minimum absolute atomic E-state index is 0.194. The summed E-state index contributed by atoms with van der Waals surface area (Å²) in [5, 5.41) is -0.308. The van der Waals surface area contributed by atoms with Crippen LogP contribution in [0.5, 0.6) is 5.88 Å². The summed E-state index contributed by atoms with van der Waals surface area (Å²) in [5.74, 6) is -1.50. The van der Waals surface area contributed by atoms with Gasteiger partial charge in [-0.1, -0.05) is 11.6 Å². The Hall–Kier alpha value is -1.08. The van der Waals surface area contributed by atoms with Crippen LogP contribution in [0.3, 0.4) is 0 Å².